The van der Waals surface area contributed by atoms with Crippen LogP contribution < -0.4 is 0 Å². The van der Waals surface area contributed by atoms with Crippen LogP contribution in [0.4, 0.5) is 0 Å². The van der Waals surface area contributed by atoms with Gasteiger partial charge in [0.15, 0.2) is 5.78 Å². The standard InChI is InChI=1S/C23H25N3O2/c1-16-21(19-10-6-7-11-20(19)24-16)22(27)17(2)25-12-14-26(15-13-25)23(28)18-8-4-3-5-9-18/h3-11,17,24H,12-15H2,1-2H3/t17-/m1/s1. The summed E-state index contributed by atoms with van der Waals surface area (Å²) < 4.78 is 0. The van der Waals surface area contributed by atoms with Crippen LogP contribution in [0.3, 0.4) is 0 Å². The van der Waals surface area contributed by atoms with Gasteiger partial charge in [-0.25, -0.2) is 0 Å². The number of piperazine rings is 1. The molecule has 1 saturated heterocycles. The number of benzene rings is 2. The largest absolute Gasteiger partial charge is 0.358 e. The molecule has 3 aromatic rings. The fraction of sp³-hybridized carbons (Fsp3) is 0.304. The lowest BCUT2D eigenvalue weighted by atomic mass is 10.0. The topological polar surface area (TPSA) is 56.4 Å². The van der Waals surface area contributed by atoms with E-state index in [0.29, 0.717) is 26.2 Å². The lowest BCUT2D eigenvalue weighted by Crippen LogP contribution is -2.53. The summed E-state index contributed by atoms with van der Waals surface area (Å²) in [5.74, 6) is 0.199. The molecule has 2 aromatic carbocycles. The third-order valence-corrected chi connectivity index (χ3v) is 5.69. The summed E-state index contributed by atoms with van der Waals surface area (Å²) in [4.78, 5) is 33.2. The van der Waals surface area contributed by atoms with Gasteiger partial charge in [0.25, 0.3) is 5.91 Å². The van der Waals surface area contributed by atoms with Crippen molar-refractivity contribution in [3.63, 3.8) is 0 Å². The first-order valence-electron chi connectivity index (χ1n) is 9.76. The minimum Gasteiger partial charge on any atom is -0.358 e. The van der Waals surface area contributed by atoms with Crippen molar-refractivity contribution in [1.29, 1.82) is 0 Å². The molecular weight excluding hydrogens is 350 g/mol. The second kappa shape index (κ2) is 7.60. The number of hydrogen-bond donors (Lipinski definition) is 1. The molecule has 5 heteroatoms. The molecule has 144 valence electrons. The highest BCUT2D eigenvalue weighted by Gasteiger charge is 2.30. The summed E-state index contributed by atoms with van der Waals surface area (Å²) in [5.41, 5.74) is 3.41. The Hall–Kier alpha value is -2.92. The van der Waals surface area contributed by atoms with Gasteiger partial charge in [-0.3, -0.25) is 14.5 Å². The van der Waals surface area contributed by atoms with Crippen LogP contribution >= 0.6 is 0 Å². The maximum absolute atomic E-state index is 13.2. The number of carbonyl (C=O) groups is 2. The minimum absolute atomic E-state index is 0.0618. The zero-order valence-electron chi connectivity index (χ0n) is 16.3. The molecular formula is C23H25N3O2. The molecule has 1 atom stereocenters. The normalized spacial score (nSPS) is 16.3. The molecule has 5 nitrogen and oxygen atoms in total. The molecule has 0 saturated carbocycles. The lowest BCUT2D eigenvalue weighted by molar-refractivity contribution is 0.0552. The third kappa shape index (κ3) is 3.34. The maximum Gasteiger partial charge on any atom is 0.253 e. The zero-order valence-corrected chi connectivity index (χ0v) is 16.3. The molecule has 1 aliphatic heterocycles. The number of carbonyl (C=O) groups excluding carboxylic acids is 2. The SMILES string of the molecule is Cc1[nH]c2ccccc2c1C(=O)[C@@H](C)N1CCN(C(=O)c2ccccc2)CC1. The molecule has 1 fully saturated rings. The van der Waals surface area contributed by atoms with Crippen LogP contribution in [-0.4, -0.2) is 58.7 Å². The van der Waals surface area contributed by atoms with Gasteiger partial charge in [0, 0.05) is 53.9 Å². The number of para-hydroxylation sites is 1. The van der Waals surface area contributed by atoms with Crippen molar-refractivity contribution < 1.29 is 9.59 Å². The highest BCUT2D eigenvalue weighted by Crippen LogP contribution is 2.24. The number of H-pyrrole nitrogens is 1. The van der Waals surface area contributed by atoms with Gasteiger partial charge in [0.2, 0.25) is 0 Å². The Morgan fingerprint density at radius 2 is 1.57 bits per heavy atom. The summed E-state index contributed by atoms with van der Waals surface area (Å²) in [6.07, 6.45) is 0. The third-order valence-electron chi connectivity index (χ3n) is 5.69. The molecule has 1 N–H and O–H groups in total. The molecule has 1 aromatic heterocycles. The molecule has 0 bridgehead atoms. The second-order valence-corrected chi connectivity index (χ2v) is 7.41. The molecule has 1 amide bonds. The van der Waals surface area contributed by atoms with Crippen molar-refractivity contribution in [3.05, 3.63) is 71.4 Å². The first kappa shape index (κ1) is 18.4. The Bertz CT molecular complexity index is 1000. The molecule has 2 heterocycles. The van der Waals surface area contributed by atoms with Crippen molar-refractivity contribution in [2.24, 2.45) is 0 Å². The molecule has 0 spiro atoms. The average molecular weight is 375 g/mol. The number of nitrogens with zero attached hydrogens (tertiary/aromatic N) is 2. The summed E-state index contributed by atoms with van der Waals surface area (Å²) >= 11 is 0. The number of nitrogens with one attached hydrogen (secondary N) is 1. The first-order chi connectivity index (χ1) is 13.6. The summed E-state index contributed by atoms with van der Waals surface area (Å²) in [5, 5.41) is 0.981. The van der Waals surface area contributed by atoms with Gasteiger partial charge >= 0.3 is 0 Å². The van der Waals surface area contributed by atoms with E-state index in [-0.39, 0.29) is 17.7 Å². The van der Waals surface area contributed by atoms with Crippen LogP contribution in [0.5, 0.6) is 0 Å². The Labute approximate surface area is 165 Å². The summed E-state index contributed by atoms with van der Waals surface area (Å²) in [6.45, 7) is 6.60. The Kier molecular flexibility index (Phi) is 5.01. The summed E-state index contributed by atoms with van der Waals surface area (Å²) in [6, 6.07) is 17.1. The molecule has 0 aliphatic carbocycles. The van der Waals surface area contributed by atoms with Crippen LogP contribution in [0.15, 0.2) is 54.6 Å². The smallest absolute Gasteiger partial charge is 0.253 e. The Morgan fingerprint density at radius 3 is 2.29 bits per heavy atom. The molecule has 0 unspecified atom stereocenters. The fourth-order valence-electron chi connectivity index (χ4n) is 4.04. The van der Waals surface area contributed by atoms with Gasteiger partial charge in [-0.2, -0.15) is 0 Å². The van der Waals surface area contributed by atoms with Crippen LogP contribution in [0.2, 0.25) is 0 Å². The van der Waals surface area contributed by atoms with Crippen molar-refractivity contribution in [3.8, 4) is 0 Å². The first-order valence-corrected chi connectivity index (χ1v) is 9.76. The van der Waals surface area contributed by atoms with E-state index < -0.39 is 0 Å². The van der Waals surface area contributed by atoms with Gasteiger partial charge in [0.1, 0.15) is 0 Å². The van der Waals surface area contributed by atoms with E-state index in [4.69, 9.17) is 0 Å². The van der Waals surface area contributed by atoms with Gasteiger partial charge < -0.3 is 9.88 Å². The number of hydrogen-bond acceptors (Lipinski definition) is 3. The van der Waals surface area contributed by atoms with Crippen LogP contribution in [0, 0.1) is 6.92 Å². The van der Waals surface area contributed by atoms with Crippen LogP contribution in [0.25, 0.3) is 10.9 Å². The Morgan fingerprint density at radius 1 is 0.929 bits per heavy atom. The molecule has 28 heavy (non-hydrogen) atoms. The van der Waals surface area contributed by atoms with Gasteiger partial charge in [0.05, 0.1) is 6.04 Å². The number of aromatic nitrogens is 1. The number of rotatable bonds is 4. The minimum atomic E-state index is -0.216. The van der Waals surface area contributed by atoms with E-state index in [0.717, 1.165) is 27.7 Å². The number of Topliss-reactive ketones (excluding diaryl/α,β-unsaturated/α-hetero) is 1. The number of ketones is 1. The fourth-order valence-corrected chi connectivity index (χ4v) is 4.04. The summed E-state index contributed by atoms with van der Waals surface area (Å²) in [7, 11) is 0. The number of fused-ring (bicyclic) bond motifs is 1. The van der Waals surface area contributed by atoms with Crippen molar-refractivity contribution >= 4 is 22.6 Å². The highest BCUT2D eigenvalue weighted by molar-refractivity contribution is 6.11. The molecule has 0 radical (unpaired) electrons. The zero-order chi connectivity index (χ0) is 19.7. The molecule has 1 aliphatic rings. The number of aryl methyl sites for hydroxylation is 1. The predicted molar refractivity (Wildman–Crippen MR) is 111 cm³/mol. The average Bonchev–Trinajstić information content (AvgIpc) is 3.08. The van der Waals surface area contributed by atoms with Crippen LogP contribution in [-0.2, 0) is 0 Å². The van der Waals surface area contributed by atoms with Gasteiger partial charge in [-0.1, -0.05) is 36.4 Å². The van der Waals surface area contributed by atoms with Crippen molar-refractivity contribution in [2.75, 3.05) is 26.2 Å². The lowest BCUT2D eigenvalue weighted by Gasteiger charge is -2.37. The maximum atomic E-state index is 13.2. The second-order valence-electron chi connectivity index (χ2n) is 7.41. The van der Waals surface area contributed by atoms with E-state index in [2.05, 4.69) is 9.88 Å². The van der Waals surface area contributed by atoms with Crippen LogP contribution in [0.1, 0.15) is 33.3 Å². The predicted octanol–water partition coefficient (Wildman–Crippen LogP) is 3.51. The van der Waals surface area contributed by atoms with E-state index in [9.17, 15) is 9.59 Å². The van der Waals surface area contributed by atoms with Gasteiger partial charge in [-0.05, 0) is 32.0 Å². The van der Waals surface area contributed by atoms with Crippen molar-refractivity contribution in [1.82, 2.24) is 14.8 Å². The quantitative estimate of drug-likeness (QED) is 0.710. The van der Waals surface area contributed by atoms with E-state index in [1.54, 1.807) is 0 Å². The monoisotopic (exact) mass is 375 g/mol. The number of amides is 1. The van der Waals surface area contributed by atoms with E-state index >= 15 is 0 Å². The van der Waals surface area contributed by atoms with Gasteiger partial charge in [-0.15, -0.1) is 0 Å². The van der Waals surface area contributed by atoms with E-state index in [1.807, 2.05) is 73.3 Å². The number of aromatic amines is 1. The van der Waals surface area contributed by atoms with E-state index in [1.165, 1.54) is 0 Å². The van der Waals surface area contributed by atoms with Crippen molar-refractivity contribution in [2.45, 2.75) is 19.9 Å². The molecule has 4 rings (SSSR count). The Balaban J connectivity index is 1.45. The highest BCUT2D eigenvalue weighted by atomic mass is 16.2.